The van der Waals surface area contributed by atoms with Crippen molar-refractivity contribution in [2.24, 2.45) is 0 Å². The summed E-state index contributed by atoms with van der Waals surface area (Å²) in [5.41, 5.74) is -1.46. The quantitative estimate of drug-likeness (QED) is 0.388. The van der Waals surface area contributed by atoms with Crippen molar-refractivity contribution < 1.29 is 18.8 Å². The molecule has 12 nitrogen and oxygen atoms in total. The Morgan fingerprint density at radius 1 is 1.15 bits per heavy atom. The van der Waals surface area contributed by atoms with Crippen LogP contribution in [0, 0.1) is 0 Å². The van der Waals surface area contributed by atoms with E-state index in [1.54, 1.807) is 36.2 Å². The molecule has 2 saturated heterocycles. The van der Waals surface area contributed by atoms with Crippen LogP contribution in [0.4, 0.5) is 15.0 Å². The molecule has 0 unspecified atom stereocenters. The molecule has 4 amide bonds. The van der Waals surface area contributed by atoms with Gasteiger partial charge in [0.15, 0.2) is 11.5 Å². The van der Waals surface area contributed by atoms with Crippen molar-refractivity contribution in [3.63, 3.8) is 0 Å². The number of nitrogens with one attached hydrogen (secondary N) is 2. The van der Waals surface area contributed by atoms with Crippen molar-refractivity contribution >= 4 is 46.4 Å². The lowest BCUT2D eigenvalue weighted by atomic mass is 9.99. The third kappa shape index (κ3) is 6.00. The average Bonchev–Trinajstić information content (AvgIpc) is 3.30. The number of carbonyl (C=O) groups excluding carboxylic acids is 3. The molecule has 2 aromatic heterocycles. The lowest BCUT2D eigenvalue weighted by Gasteiger charge is -2.42. The molecule has 0 radical (unpaired) electrons. The van der Waals surface area contributed by atoms with Gasteiger partial charge in [-0.15, -0.1) is 0 Å². The van der Waals surface area contributed by atoms with E-state index in [9.17, 15) is 23.6 Å². The van der Waals surface area contributed by atoms with Crippen LogP contribution in [0.15, 0.2) is 41.3 Å². The van der Waals surface area contributed by atoms with Gasteiger partial charge in [-0.3, -0.25) is 23.9 Å². The molecule has 4 heterocycles. The number of likely N-dealkylation sites (N-methyl/N-ethyl adjacent to an activating group) is 1. The van der Waals surface area contributed by atoms with Crippen molar-refractivity contribution in [1.29, 1.82) is 0 Å². The van der Waals surface area contributed by atoms with E-state index in [1.807, 2.05) is 0 Å². The number of nitrogens with zero attached hydrogens (tertiary/aromatic N) is 6. The minimum atomic E-state index is -1.48. The number of benzene rings is 1. The van der Waals surface area contributed by atoms with Crippen LogP contribution in [0.3, 0.4) is 0 Å². The largest absolute Gasteiger partial charge is 0.348 e. The molecule has 0 saturated carbocycles. The summed E-state index contributed by atoms with van der Waals surface area (Å²) in [6.45, 7) is 2.98. The van der Waals surface area contributed by atoms with Crippen molar-refractivity contribution in [3.05, 3.63) is 63.0 Å². The number of likely N-dealkylation sites (tertiary alicyclic amines) is 1. The second-order valence-electron chi connectivity index (χ2n) is 10.4. The first kappa shape index (κ1) is 28.4. The average molecular weight is 585 g/mol. The standard InChI is InChI=1S/C27H30ClFN8O4/c1-27(29)15-35(16-27)22(38)14-37-23-20(33-21(13-31-23)36-10-9-34(26(36)41)8-7-30-2)11-19(25(37)40)24(39)32-12-17-3-5-18(28)6-4-17/h3-6,11,13,30H,7-10,12,14-16H2,1-2H3,(H,32,39). The van der Waals surface area contributed by atoms with Crippen LogP contribution in [-0.2, 0) is 17.9 Å². The first-order chi connectivity index (χ1) is 19.6. The number of rotatable bonds is 9. The Kier molecular flexibility index (Phi) is 7.91. The first-order valence-corrected chi connectivity index (χ1v) is 13.5. The number of alkyl halides is 1. The fourth-order valence-electron chi connectivity index (χ4n) is 4.86. The summed E-state index contributed by atoms with van der Waals surface area (Å²) in [6.07, 6.45) is 1.37. The highest BCUT2D eigenvalue weighted by atomic mass is 35.5. The van der Waals surface area contributed by atoms with Crippen molar-refractivity contribution in [1.82, 2.24) is 35.0 Å². The zero-order chi connectivity index (χ0) is 29.3. The van der Waals surface area contributed by atoms with Gasteiger partial charge in [0.05, 0.1) is 19.3 Å². The predicted molar refractivity (Wildman–Crippen MR) is 151 cm³/mol. The lowest BCUT2D eigenvalue weighted by Crippen LogP contribution is -2.60. The molecule has 14 heteroatoms. The van der Waals surface area contributed by atoms with Gasteiger partial charge in [-0.1, -0.05) is 23.7 Å². The normalized spacial score (nSPS) is 16.3. The van der Waals surface area contributed by atoms with E-state index < -0.39 is 29.6 Å². The van der Waals surface area contributed by atoms with E-state index in [1.165, 1.54) is 29.0 Å². The highest BCUT2D eigenvalue weighted by Crippen LogP contribution is 2.25. The number of fused-ring (bicyclic) bond motifs is 1. The highest BCUT2D eigenvalue weighted by Gasteiger charge is 2.41. The lowest BCUT2D eigenvalue weighted by molar-refractivity contribution is -0.144. The third-order valence-corrected chi connectivity index (χ3v) is 7.33. The van der Waals surface area contributed by atoms with Crippen molar-refractivity contribution in [2.45, 2.75) is 25.7 Å². The van der Waals surface area contributed by atoms with Gasteiger partial charge in [0.1, 0.15) is 23.3 Å². The summed E-state index contributed by atoms with van der Waals surface area (Å²) in [6, 6.07) is 7.95. The monoisotopic (exact) mass is 584 g/mol. The van der Waals surface area contributed by atoms with Gasteiger partial charge >= 0.3 is 6.03 Å². The Morgan fingerprint density at radius 3 is 2.56 bits per heavy atom. The maximum atomic E-state index is 14.0. The van der Waals surface area contributed by atoms with Crippen LogP contribution < -0.4 is 21.1 Å². The number of aromatic nitrogens is 3. The van der Waals surface area contributed by atoms with Crippen molar-refractivity contribution in [3.8, 4) is 0 Å². The fourth-order valence-corrected chi connectivity index (χ4v) is 4.99. The van der Waals surface area contributed by atoms with Crippen LogP contribution in [0.1, 0.15) is 22.8 Å². The summed E-state index contributed by atoms with van der Waals surface area (Å²) < 4.78 is 15.1. The Bertz CT molecular complexity index is 1550. The van der Waals surface area contributed by atoms with Gasteiger partial charge in [0, 0.05) is 37.7 Å². The Balaban J connectivity index is 1.47. The molecule has 0 atom stereocenters. The fraction of sp³-hybridized carbons (Fsp3) is 0.407. The summed E-state index contributed by atoms with van der Waals surface area (Å²) in [5, 5.41) is 6.28. The Hall–Kier alpha value is -4.10. The van der Waals surface area contributed by atoms with Crippen molar-refractivity contribution in [2.75, 3.05) is 51.2 Å². The number of amides is 4. The summed E-state index contributed by atoms with van der Waals surface area (Å²) in [4.78, 5) is 66.0. The molecule has 2 N–H and O–H groups in total. The number of hydrogen-bond donors (Lipinski definition) is 2. The molecule has 2 aliphatic rings. The molecule has 2 fully saturated rings. The smallest absolute Gasteiger partial charge is 0.325 e. The maximum absolute atomic E-state index is 14.0. The highest BCUT2D eigenvalue weighted by molar-refractivity contribution is 6.30. The van der Waals surface area contributed by atoms with Gasteiger partial charge < -0.3 is 20.4 Å². The van der Waals surface area contributed by atoms with E-state index in [4.69, 9.17) is 11.6 Å². The molecule has 41 heavy (non-hydrogen) atoms. The van der Waals surface area contributed by atoms with Crippen LogP contribution in [-0.4, -0.2) is 94.2 Å². The van der Waals surface area contributed by atoms with Crippen LogP contribution >= 0.6 is 11.6 Å². The molecule has 2 aliphatic heterocycles. The molecule has 216 valence electrons. The SMILES string of the molecule is CNCCN1CCN(c2cnc3c(cc(C(=O)NCc4ccc(Cl)cc4)c(=O)n3CC(=O)N3CC(C)(F)C3)n2)C1=O. The van der Waals surface area contributed by atoms with Gasteiger partial charge in [0.25, 0.3) is 11.5 Å². The molecular formula is C27H30ClFN8O4. The van der Waals surface area contributed by atoms with E-state index in [-0.39, 0.29) is 48.2 Å². The summed E-state index contributed by atoms with van der Waals surface area (Å²) >= 11 is 5.93. The van der Waals surface area contributed by atoms with Gasteiger partial charge in [-0.05, 0) is 37.7 Å². The number of pyridine rings is 1. The molecule has 1 aromatic carbocycles. The van der Waals surface area contributed by atoms with Gasteiger partial charge in [0.2, 0.25) is 5.91 Å². The molecular weight excluding hydrogens is 555 g/mol. The number of urea groups is 1. The Labute approximate surface area is 240 Å². The minimum Gasteiger partial charge on any atom is -0.348 e. The number of anilines is 1. The first-order valence-electron chi connectivity index (χ1n) is 13.2. The third-order valence-electron chi connectivity index (χ3n) is 7.08. The second-order valence-corrected chi connectivity index (χ2v) is 10.8. The van der Waals surface area contributed by atoms with Gasteiger partial charge in [-0.2, -0.15) is 0 Å². The second kappa shape index (κ2) is 11.4. The molecule has 0 spiro atoms. The molecule has 0 bridgehead atoms. The maximum Gasteiger partial charge on any atom is 0.325 e. The summed E-state index contributed by atoms with van der Waals surface area (Å²) in [5.74, 6) is -0.895. The predicted octanol–water partition coefficient (Wildman–Crippen LogP) is 1.41. The topological polar surface area (TPSA) is 133 Å². The zero-order valence-electron chi connectivity index (χ0n) is 22.7. The molecule has 5 rings (SSSR count). The van der Waals surface area contributed by atoms with Crippen LogP contribution in [0.2, 0.25) is 5.02 Å². The zero-order valence-corrected chi connectivity index (χ0v) is 23.4. The molecule has 0 aliphatic carbocycles. The number of halogens is 2. The van der Waals surface area contributed by atoms with Gasteiger partial charge in [-0.25, -0.2) is 19.2 Å². The van der Waals surface area contributed by atoms with E-state index in [0.717, 1.165) is 10.1 Å². The number of carbonyl (C=O) groups is 3. The van der Waals surface area contributed by atoms with Crippen LogP contribution in [0.25, 0.3) is 11.2 Å². The summed E-state index contributed by atoms with van der Waals surface area (Å²) in [7, 11) is 1.80. The Morgan fingerprint density at radius 2 is 1.88 bits per heavy atom. The van der Waals surface area contributed by atoms with E-state index in [0.29, 0.717) is 31.2 Å². The van der Waals surface area contributed by atoms with Crippen LogP contribution in [0.5, 0.6) is 0 Å². The number of hydrogen-bond acceptors (Lipinski definition) is 7. The van der Waals surface area contributed by atoms with E-state index in [2.05, 4.69) is 20.6 Å². The molecule has 3 aromatic rings. The minimum absolute atomic E-state index is 0.0727. The van der Waals surface area contributed by atoms with E-state index >= 15 is 0 Å².